The molecule has 0 radical (unpaired) electrons. The minimum atomic E-state index is -2.63. The zero-order chi connectivity index (χ0) is 10.6. The molecule has 0 N–H and O–H groups in total. The van der Waals surface area contributed by atoms with E-state index in [9.17, 15) is 8.42 Å². The second-order valence-corrected chi connectivity index (χ2v) is 4.24. The molecule has 5 heteroatoms. The van der Waals surface area contributed by atoms with E-state index in [2.05, 4.69) is 11.1 Å². The Labute approximate surface area is 117 Å². The molecule has 0 aromatic rings. The number of unbranched alkanes of at least 4 members (excludes halogenated alkanes) is 7. The van der Waals surface area contributed by atoms with Crippen molar-refractivity contribution < 1.29 is 12.6 Å². The second-order valence-electron chi connectivity index (χ2n) is 3.53. The summed E-state index contributed by atoms with van der Waals surface area (Å²) in [6, 6.07) is 0. The fraction of sp³-hybridized carbons (Fsp3) is 1.00. The number of thiol groups is 1. The van der Waals surface area contributed by atoms with Crippen molar-refractivity contribution in [3.05, 3.63) is 0 Å². The van der Waals surface area contributed by atoms with Gasteiger partial charge in [0.05, 0.1) is 6.61 Å². The van der Waals surface area contributed by atoms with Gasteiger partial charge in [0.25, 0.3) is 11.0 Å². The van der Waals surface area contributed by atoms with E-state index in [4.69, 9.17) is 0 Å². The van der Waals surface area contributed by atoms with Gasteiger partial charge in [-0.3, -0.25) is 4.18 Å². The van der Waals surface area contributed by atoms with Gasteiger partial charge in [0.2, 0.25) is 0 Å². The predicted octanol–water partition coefficient (Wildman–Crippen LogP) is 2.02. The van der Waals surface area contributed by atoms with Gasteiger partial charge in [0, 0.05) is 0 Å². The number of hydrogen-bond donors (Lipinski definition) is 1. The molecule has 0 saturated heterocycles. The Balaban J connectivity index is 0. The van der Waals surface area contributed by atoms with Crippen molar-refractivity contribution in [1.82, 2.24) is 0 Å². The van der Waals surface area contributed by atoms with Gasteiger partial charge >= 0.3 is 29.6 Å². The summed E-state index contributed by atoms with van der Waals surface area (Å²) in [5.74, 6) is 0. The molecule has 0 aliphatic carbocycles. The van der Waals surface area contributed by atoms with E-state index in [1.165, 1.54) is 38.5 Å². The van der Waals surface area contributed by atoms with Gasteiger partial charge in [0.15, 0.2) is 0 Å². The van der Waals surface area contributed by atoms with Gasteiger partial charge in [-0.1, -0.05) is 51.9 Å². The molecule has 0 rings (SSSR count). The van der Waals surface area contributed by atoms with Crippen molar-refractivity contribution in [2.24, 2.45) is 0 Å². The Morgan fingerprint density at radius 2 is 1.33 bits per heavy atom. The van der Waals surface area contributed by atoms with Crippen LogP contribution >= 0.6 is 0 Å². The van der Waals surface area contributed by atoms with Gasteiger partial charge in [-0.25, -0.2) is 8.42 Å². The zero-order valence-corrected chi connectivity index (χ0v) is 9.93. The molecule has 0 unspecified atom stereocenters. The summed E-state index contributed by atoms with van der Waals surface area (Å²) < 4.78 is 24.5. The topological polar surface area (TPSA) is 43.4 Å². The van der Waals surface area contributed by atoms with Gasteiger partial charge in [-0.15, -0.1) is 0 Å². The predicted molar refractivity (Wildman–Crippen MR) is 66.0 cm³/mol. The van der Waals surface area contributed by atoms with Crippen molar-refractivity contribution in [3.63, 3.8) is 0 Å². The van der Waals surface area contributed by atoms with E-state index in [1.54, 1.807) is 0 Å². The van der Waals surface area contributed by atoms with E-state index in [0.717, 1.165) is 12.8 Å². The average molecular weight is 246 g/mol. The maximum atomic E-state index is 10.0. The quantitative estimate of drug-likeness (QED) is 0.364. The molecule has 0 aliphatic rings. The molecular formula is C10H23NaO3S. The first-order valence-corrected chi connectivity index (χ1v) is 6.64. The van der Waals surface area contributed by atoms with Crippen LogP contribution in [0, 0.1) is 0 Å². The SMILES string of the molecule is CCCCCCCCCCO[SH](=O)=O.[NaH]. The molecule has 88 valence electrons. The molecule has 0 aromatic carbocycles. The van der Waals surface area contributed by atoms with Gasteiger partial charge in [0.1, 0.15) is 0 Å². The molecule has 0 aromatic heterocycles. The van der Waals surface area contributed by atoms with Gasteiger partial charge < -0.3 is 0 Å². The van der Waals surface area contributed by atoms with E-state index >= 15 is 0 Å². The third kappa shape index (κ3) is 17.5. The molecule has 0 saturated carbocycles. The summed E-state index contributed by atoms with van der Waals surface area (Å²) in [7, 11) is -2.63. The maximum absolute atomic E-state index is 10.0. The molecule has 0 aliphatic heterocycles. The van der Waals surface area contributed by atoms with Crippen molar-refractivity contribution in [3.8, 4) is 0 Å². The summed E-state index contributed by atoms with van der Waals surface area (Å²) in [5.41, 5.74) is 0. The van der Waals surface area contributed by atoms with Crippen molar-refractivity contribution in [2.45, 2.75) is 58.3 Å². The molecule has 0 amide bonds. The van der Waals surface area contributed by atoms with Gasteiger partial charge in [-0.05, 0) is 6.42 Å². The molecule has 0 fully saturated rings. The first-order valence-electron chi connectivity index (χ1n) is 5.54. The summed E-state index contributed by atoms with van der Waals surface area (Å²) in [5, 5.41) is 0. The summed E-state index contributed by atoms with van der Waals surface area (Å²) in [4.78, 5) is 0. The molecular weight excluding hydrogens is 223 g/mol. The first kappa shape index (κ1) is 18.3. The Morgan fingerprint density at radius 3 is 1.80 bits per heavy atom. The van der Waals surface area contributed by atoms with Crippen LogP contribution in [0.3, 0.4) is 0 Å². The van der Waals surface area contributed by atoms with Crippen LogP contribution in [0.15, 0.2) is 0 Å². The fourth-order valence-electron chi connectivity index (χ4n) is 1.38. The average Bonchev–Trinajstić information content (AvgIpc) is 2.15. The molecule has 0 spiro atoms. The van der Waals surface area contributed by atoms with Crippen LogP contribution in [-0.2, 0) is 15.2 Å². The number of rotatable bonds is 10. The minimum absolute atomic E-state index is 0. The Bertz CT molecular complexity index is 176. The van der Waals surface area contributed by atoms with Crippen molar-refractivity contribution in [1.29, 1.82) is 0 Å². The van der Waals surface area contributed by atoms with E-state index in [1.807, 2.05) is 0 Å². The first-order chi connectivity index (χ1) is 6.77. The summed E-state index contributed by atoms with van der Waals surface area (Å²) in [6.07, 6.45) is 9.66. The molecule has 3 nitrogen and oxygen atoms in total. The van der Waals surface area contributed by atoms with Crippen molar-refractivity contribution in [2.75, 3.05) is 6.61 Å². The van der Waals surface area contributed by atoms with Crippen LogP contribution in [0.4, 0.5) is 0 Å². The van der Waals surface area contributed by atoms with Gasteiger partial charge in [-0.2, -0.15) is 0 Å². The fourth-order valence-corrected chi connectivity index (χ4v) is 1.65. The summed E-state index contributed by atoms with van der Waals surface area (Å²) >= 11 is 0. The molecule has 15 heavy (non-hydrogen) atoms. The Kier molecular flexibility index (Phi) is 18.2. The monoisotopic (exact) mass is 246 g/mol. The summed E-state index contributed by atoms with van der Waals surface area (Å²) in [6.45, 7) is 2.56. The Hall–Kier alpha value is 0.910. The third-order valence-corrected chi connectivity index (χ3v) is 2.59. The Morgan fingerprint density at radius 1 is 0.867 bits per heavy atom. The molecule has 0 heterocycles. The van der Waals surface area contributed by atoms with E-state index < -0.39 is 11.0 Å². The molecule has 0 atom stereocenters. The van der Waals surface area contributed by atoms with Crippen molar-refractivity contribution >= 4 is 40.5 Å². The normalized spacial score (nSPS) is 10.3. The standard InChI is InChI=1S/C10H22O3S.Na.H/c1-2-3-4-5-6-7-8-9-10-13-14(11)12;;/h14H,2-10H2,1H3;;. The van der Waals surface area contributed by atoms with Crippen LogP contribution < -0.4 is 0 Å². The molecule has 0 bridgehead atoms. The van der Waals surface area contributed by atoms with Crippen LogP contribution in [0.25, 0.3) is 0 Å². The second kappa shape index (κ2) is 14.9. The van der Waals surface area contributed by atoms with Crippen LogP contribution in [0.5, 0.6) is 0 Å². The number of hydrogen-bond acceptors (Lipinski definition) is 3. The van der Waals surface area contributed by atoms with E-state index in [-0.39, 0.29) is 29.6 Å². The van der Waals surface area contributed by atoms with E-state index in [0.29, 0.717) is 6.61 Å². The van der Waals surface area contributed by atoms with Crippen LogP contribution in [0.2, 0.25) is 0 Å². The van der Waals surface area contributed by atoms with Crippen LogP contribution in [0.1, 0.15) is 58.3 Å². The van der Waals surface area contributed by atoms with Crippen LogP contribution in [-0.4, -0.2) is 44.6 Å². The third-order valence-electron chi connectivity index (χ3n) is 2.19. The zero-order valence-electron chi connectivity index (χ0n) is 9.04.